The molecule has 0 aliphatic carbocycles. The molecule has 0 bridgehead atoms. The van der Waals surface area contributed by atoms with Crippen LogP contribution >= 0.6 is 0 Å². The third-order valence-corrected chi connectivity index (χ3v) is 6.21. The fourth-order valence-corrected chi connectivity index (χ4v) is 4.43. The van der Waals surface area contributed by atoms with Gasteiger partial charge in [0.05, 0.1) is 12.2 Å². The lowest BCUT2D eigenvalue weighted by Crippen LogP contribution is -2.56. The number of benzene rings is 2. The molecule has 4 rings (SSSR count). The van der Waals surface area contributed by atoms with Crippen molar-refractivity contribution in [2.45, 2.75) is 38.9 Å². The van der Waals surface area contributed by atoms with Crippen LogP contribution in [0.4, 0.5) is 8.78 Å². The highest BCUT2D eigenvalue weighted by Crippen LogP contribution is 2.31. The van der Waals surface area contributed by atoms with Crippen molar-refractivity contribution >= 4 is 5.91 Å². The maximum Gasteiger partial charge on any atom is 0.222 e. The van der Waals surface area contributed by atoms with E-state index in [1.54, 1.807) is 6.07 Å². The van der Waals surface area contributed by atoms with E-state index < -0.39 is 11.6 Å². The number of aryl methyl sites for hydroxylation is 1. The summed E-state index contributed by atoms with van der Waals surface area (Å²) in [5.74, 6) is -0.843. The number of fused-ring (bicyclic) bond motifs is 1. The third kappa shape index (κ3) is 4.50. The van der Waals surface area contributed by atoms with Crippen LogP contribution < -0.4 is 5.73 Å². The third-order valence-electron chi connectivity index (χ3n) is 6.21. The Bertz CT molecular complexity index is 979. The van der Waals surface area contributed by atoms with Crippen molar-refractivity contribution in [2.75, 3.05) is 19.6 Å². The topological polar surface area (TPSA) is 52.8 Å². The van der Waals surface area contributed by atoms with E-state index in [0.29, 0.717) is 44.5 Å². The number of rotatable bonds is 6. The van der Waals surface area contributed by atoms with E-state index in [1.807, 2.05) is 30.0 Å². The zero-order valence-electron chi connectivity index (χ0n) is 17.7. The van der Waals surface area contributed by atoms with E-state index >= 15 is 0 Å². The van der Waals surface area contributed by atoms with Crippen LogP contribution in [0.15, 0.2) is 60.0 Å². The molecule has 1 amide bonds. The molecular formula is C24H28F2N4O. The summed E-state index contributed by atoms with van der Waals surface area (Å²) in [5.41, 5.74) is 9.36. The summed E-state index contributed by atoms with van der Waals surface area (Å²) in [7, 11) is 0. The number of carbonyl (C=O) groups is 1. The fraction of sp³-hybridized carbons (Fsp3) is 0.375. The maximum atomic E-state index is 13.4. The molecule has 1 unspecified atom stereocenters. The molecule has 1 atom stereocenters. The van der Waals surface area contributed by atoms with Gasteiger partial charge in [0.1, 0.15) is 12.0 Å². The van der Waals surface area contributed by atoms with Crippen molar-refractivity contribution in [3.05, 3.63) is 82.8 Å². The standard InChI is InChI=1S/C24H28F2N4O/c1-17-24(27)30(15-19-6-3-2-4-7-19)22-16-28(12-13-29(17)22)23(31)9-5-8-18-10-11-20(25)21(26)14-18/h2-4,6-7,10-11,14,22H,5,8-9,12-13,15-16,27H2,1H3. The minimum Gasteiger partial charge on any atom is -0.384 e. The summed E-state index contributed by atoms with van der Waals surface area (Å²) in [6, 6.07) is 14.1. The van der Waals surface area contributed by atoms with Gasteiger partial charge < -0.3 is 20.4 Å². The SMILES string of the molecule is CC1=C(N)N(Cc2ccccc2)C2CN(C(=O)CCCc3ccc(F)c(F)c3)CCN12. The lowest BCUT2D eigenvalue weighted by molar-refractivity contribution is -0.135. The van der Waals surface area contributed by atoms with Gasteiger partial charge in [-0.05, 0) is 43.0 Å². The number of hydrogen-bond donors (Lipinski definition) is 1. The van der Waals surface area contributed by atoms with Gasteiger partial charge in [0.2, 0.25) is 5.91 Å². The zero-order valence-corrected chi connectivity index (χ0v) is 17.7. The molecule has 2 N–H and O–H groups in total. The average molecular weight is 427 g/mol. The molecule has 0 aromatic heterocycles. The molecule has 2 heterocycles. The highest BCUT2D eigenvalue weighted by molar-refractivity contribution is 5.76. The van der Waals surface area contributed by atoms with E-state index in [1.165, 1.54) is 11.6 Å². The van der Waals surface area contributed by atoms with Crippen molar-refractivity contribution in [3.63, 3.8) is 0 Å². The quantitative estimate of drug-likeness (QED) is 0.769. The van der Waals surface area contributed by atoms with Gasteiger partial charge in [0, 0.05) is 26.1 Å². The van der Waals surface area contributed by atoms with Crippen LogP contribution in [0.25, 0.3) is 0 Å². The van der Waals surface area contributed by atoms with E-state index in [2.05, 4.69) is 21.9 Å². The molecule has 2 aliphatic heterocycles. The first-order valence-electron chi connectivity index (χ1n) is 10.7. The molecule has 2 aromatic rings. The normalized spacial score (nSPS) is 18.5. The first-order chi connectivity index (χ1) is 14.9. The van der Waals surface area contributed by atoms with Crippen LogP contribution in [0, 0.1) is 11.6 Å². The second-order valence-corrected chi connectivity index (χ2v) is 8.20. The first-order valence-corrected chi connectivity index (χ1v) is 10.7. The largest absolute Gasteiger partial charge is 0.384 e. The second-order valence-electron chi connectivity index (χ2n) is 8.20. The molecule has 0 spiro atoms. The van der Waals surface area contributed by atoms with Crippen LogP contribution in [0.5, 0.6) is 0 Å². The fourth-order valence-electron chi connectivity index (χ4n) is 4.43. The number of piperazine rings is 1. The Hall–Kier alpha value is -3.09. The second kappa shape index (κ2) is 8.96. The number of allylic oxidation sites excluding steroid dienone is 1. The number of hydrogen-bond acceptors (Lipinski definition) is 4. The Morgan fingerprint density at radius 2 is 1.84 bits per heavy atom. The summed E-state index contributed by atoms with van der Waals surface area (Å²) < 4.78 is 26.4. The predicted octanol–water partition coefficient (Wildman–Crippen LogP) is 3.42. The Morgan fingerprint density at radius 1 is 1.06 bits per heavy atom. The highest BCUT2D eigenvalue weighted by atomic mass is 19.2. The van der Waals surface area contributed by atoms with Gasteiger partial charge in [-0.15, -0.1) is 0 Å². The smallest absolute Gasteiger partial charge is 0.222 e. The number of nitrogens with two attached hydrogens (primary N) is 1. The zero-order chi connectivity index (χ0) is 22.0. The van der Waals surface area contributed by atoms with Crippen molar-refractivity contribution in [1.29, 1.82) is 0 Å². The molecule has 0 radical (unpaired) electrons. The summed E-state index contributed by atoms with van der Waals surface area (Å²) >= 11 is 0. The van der Waals surface area contributed by atoms with Crippen LogP contribution in [0.3, 0.4) is 0 Å². The lowest BCUT2D eigenvalue weighted by Gasteiger charge is -2.42. The number of halogens is 2. The van der Waals surface area contributed by atoms with Gasteiger partial charge in [0.15, 0.2) is 11.6 Å². The minimum absolute atomic E-state index is 0.0316. The highest BCUT2D eigenvalue weighted by Gasteiger charge is 2.39. The monoisotopic (exact) mass is 426 g/mol. The molecule has 7 heteroatoms. The summed E-state index contributed by atoms with van der Waals surface area (Å²) in [6.45, 7) is 4.73. The van der Waals surface area contributed by atoms with E-state index in [-0.39, 0.29) is 12.1 Å². The van der Waals surface area contributed by atoms with Crippen LogP contribution in [0.1, 0.15) is 30.9 Å². The van der Waals surface area contributed by atoms with Crippen molar-refractivity contribution in [1.82, 2.24) is 14.7 Å². The summed E-state index contributed by atoms with van der Waals surface area (Å²) in [5, 5.41) is 0. The summed E-state index contributed by atoms with van der Waals surface area (Å²) in [6.07, 6.45) is 1.55. The van der Waals surface area contributed by atoms with Crippen LogP contribution in [-0.2, 0) is 17.8 Å². The van der Waals surface area contributed by atoms with Crippen molar-refractivity contribution in [3.8, 4) is 0 Å². The average Bonchev–Trinajstić information content (AvgIpc) is 3.01. The van der Waals surface area contributed by atoms with E-state index in [9.17, 15) is 13.6 Å². The maximum absolute atomic E-state index is 13.4. The molecule has 31 heavy (non-hydrogen) atoms. The van der Waals surface area contributed by atoms with Crippen molar-refractivity contribution in [2.24, 2.45) is 5.73 Å². The molecule has 1 fully saturated rings. The molecule has 2 aromatic carbocycles. The van der Waals surface area contributed by atoms with Gasteiger partial charge in [-0.1, -0.05) is 36.4 Å². The molecular weight excluding hydrogens is 398 g/mol. The van der Waals surface area contributed by atoms with Crippen molar-refractivity contribution < 1.29 is 13.6 Å². The molecule has 1 saturated heterocycles. The Labute approximate surface area is 181 Å². The Morgan fingerprint density at radius 3 is 2.58 bits per heavy atom. The molecule has 164 valence electrons. The number of amides is 1. The van der Waals surface area contributed by atoms with Gasteiger partial charge >= 0.3 is 0 Å². The Balaban J connectivity index is 1.35. The van der Waals surface area contributed by atoms with Crippen LogP contribution in [-0.4, -0.2) is 46.4 Å². The molecule has 5 nitrogen and oxygen atoms in total. The molecule has 2 aliphatic rings. The van der Waals surface area contributed by atoms with E-state index in [4.69, 9.17) is 5.73 Å². The van der Waals surface area contributed by atoms with Gasteiger partial charge in [-0.2, -0.15) is 0 Å². The molecule has 0 saturated carbocycles. The summed E-state index contributed by atoms with van der Waals surface area (Å²) in [4.78, 5) is 19.2. The first kappa shape index (κ1) is 21.2. The van der Waals surface area contributed by atoms with E-state index in [0.717, 1.165) is 24.1 Å². The predicted molar refractivity (Wildman–Crippen MR) is 115 cm³/mol. The number of nitrogens with zero attached hydrogens (tertiary/aromatic N) is 3. The minimum atomic E-state index is -0.850. The lowest BCUT2D eigenvalue weighted by atomic mass is 10.1. The van der Waals surface area contributed by atoms with Gasteiger partial charge in [-0.3, -0.25) is 4.79 Å². The Kier molecular flexibility index (Phi) is 6.11. The van der Waals surface area contributed by atoms with Crippen LogP contribution in [0.2, 0.25) is 0 Å². The van der Waals surface area contributed by atoms with Gasteiger partial charge in [-0.25, -0.2) is 8.78 Å². The number of carbonyl (C=O) groups excluding carboxylic acids is 1. The van der Waals surface area contributed by atoms with Gasteiger partial charge in [0.25, 0.3) is 0 Å².